The Morgan fingerprint density at radius 2 is 2.33 bits per heavy atom. The predicted molar refractivity (Wildman–Crippen MR) is 68.2 cm³/mol. The highest BCUT2D eigenvalue weighted by Gasteiger charge is 2.38. The number of aromatic nitrogens is 1. The van der Waals surface area contributed by atoms with Crippen molar-refractivity contribution in [1.29, 1.82) is 0 Å². The summed E-state index contributed by atoms with van der Waals surface area (Å²) in [5.74, 6) is 1.54. The van der Waals surface area contributed by atoms with E-state index >= 15 is 0 Å². The number of hydrogen-bond acceptors (Lipinski definition) is 3. The highest BCUT2D eigenvalue weighted by Crippen LogP contribution is 2.44. The molecule has 0 saturated heterocycles. The molecule has 1 aromatic heterocycles. The zero-order chi connectivity index (χ0) is 12.5. The van der Waals surface area contributed by atoms with Crippen LogP contribution in [0.25, 0.3) is 0 Å². The topological polar surface area (TPSA) is 54.1 Å². The third kappa shape index (κ3) is 2.17. The molecule has 0 amide bonds. The average Bonchev–Trinajstić information content (AvgIpc) is 3.10. The van der Waals surface area contributed by atoms with Crippen molar-refractivity contribution >= 4 is 5.97 Å². The van der Waals surface area contributed by atoms with Crippen molar-refractivity contribution in [3.05, 3.63) is 23.5 Å². The molecular weight excluding hydrogens is 228 g/mol. The minimum atomic E-state index is -0.304. The minimum absolute atomic E-state index is 0.304. The Morgan fingerprint density at radius 3 is 3.00 bits per heavy atom. The van der Waals surface area contributed by atoms with Gasteiger partial charge in [-0.15, -0.1) is 0 Å². The van der Waals surface area contributed by atoms with Gasteiger partial charge in [-0.2, -0.15) is 0 Å². The second-order valence-corrected chi connectivity index (χ2v) is 5.55. The minimum Gasteiger partial charge on any atom is -0.464 e. The summed E-state index contributed by atoms with van der Waals surface area (Å²) in [7, 11) is 1.40. The van der Waals surface area contributed by atoms with Gasteiger partial charge in [0, 0.05) is 18.3 Å². The first-order valence-corrected chi connectivity index (χ1v) is 6.76. The average molecular weight is 248 g/mol. The Labute approximate surface area is 107 Å². The van der Waals surface area contributed by atoms with Crippen molar-refractivity contribution in [1.82, 2.24) is 10.3 Å². The quantitative estimate of drug-likeness (QED) is 0.802. The number of carbonyl (C=O) groups excluding carboxylic acids is 1. The van der Waals surface area contributed by atoms with Crippen LogP contribution in [0.15, 0.2) is 12.1 Å². The molecule has 0 radical (unpaired) electrons. The molecule has 98 valence electrons. The van der Waals surface area contributed by atoms with Crippen LogP contribution in [0, 0.1) is 11.8 Å². The molecule has 2 fully saturated rings. The zero-order valence-corrected chi connectivity index (χ0v) is 10.7. The lowest BCUT2D eigenvalue weighted by Crippen LogP contribution is -2.33. The fraction of sp³-hybridized carbons (Fsp3) is 0.643. The molecular formula is C14H20N2O2. The molecule has 0 spiro atoms. The Hall–Kier alpha value is -1.29. The van der Waals surface area contributed by atoms with Gasteiger partial charge in [0.15, 0.2) is 0 Å². The first-order valence-electron chi connectivity index (χ1n) is 6.76. The lowest BCUT2D eigenvalue weighted by molar-refractivity contribution is 0.0594. The number of rotatable bonds is 4. The standard InChI is InChI=1S/C14H20N2O2/c1-18-14(17)12-5-4-11(16-12)8-15-13-7-9-2-3-10(13)6-9/h4-5,9-10,13,15-16H,2-3,6-8H2,1H3. The van der Waals surface area contributed by atoms with Crippen molar-refractivity contribution in [2.75, 3.05) is 7.11 Å². The summed E-state index contributed by atoms with van der Waals surface area (Å²) >= 11 is 0. The van der Waals surface area contributed by atoms with E-state index in [0.29, 0.717) is 11.7 Å². The molecule has 18 heavy (non-hydrogen) atoms. The van der Waals surface area contributed by atoms with Gasteiger partial charge in [-0.05, 0) is 43.2 Å². The summed E-state index contributed by atoms with van der Waals surface area (Å²) in [6.45, 7) is 0.810. The van der Waals surface area contributed by atoms with Crippen LogP contribution in [0.4, 0.5) is 0 Å². The van der Waals surface area contributed by atoms with Crippen LogP contribution in [-0.4, -0.2) is 24.1 Å². The van der Waals surface area contributed by atoms with Crippen molar-refractivity contribution in [2.24, 2.45) is 11.8 Å². The van der Waals surface area contributed by atoms with Gasteiger partial charge in [0.2, 0.25) is 0 Å². The molecule has 2 aliphatic carbocycles. The van der Waals surface area contributed by atoms with Crippen molar-refractivity contribution in [2.45, 2.75) is 38.3 Å². The van der Waals surface area contributed by atoms with E-state index in [-0.39, 0.29) is 5.97 Å². The van der Waals surface area contributed by atoms with Gasteiger partial charge in [-0.3, -0.25) is 0 Å². The first kappa shape index (κ1) is 11.8. The normalized spacial score (nSPS) is 29.7. The lowest BCUT2D eigenvalue weighted by atomic mass is 9.95. The van der Waals surface area contributed by atoms with Crippen LogP contribution >= 0.6 is 0 Å². The summed E-state index contributed by atoms with van der Waals surface area (Å²) in [6, 6.07) is 4.41. The Morgan fingerprint density at radius 1 is 1.44 bits per heavy atom. The van der Waals surface area contributed by atoms with Crippen LogP contribution in [0.3, 0.4) is 0 Å². The Balaban J connectivity index is 1.54. The number of H-pyrrole nitrogens is 1. The molecule has 4 heteroatoms. The molecule has 0 aromatic carbocycles. The maximum atomic E-state index is 11.3. The highest BCUT2D eigenvalue weighted by atomic mass is 16.5. The van der Waals surface area contributed by atoms with Crippen LogP contribution in [0.1, 0.15) is 41.9 Å². The third-order valence-corrected chi connectivity index (χ3v) is 4.44. The lowest BCUT2D eigenvalue weighted by Gasteiger charge is -2.22. The number of ether oxygens (including phenoxy) is 1. The molecule has 2 N–H and O–H groups in total. The van der Waals surface area contributed by atoms with Gasteiger partial charge >= 0.3 is 5.97 Å². The summed E-state index contributed by atoms with van der Waals surface area (Å²) < 4.78 is 4.68. The SMILES string of the molecule is COC(=O)c1ccc(CNC2CC3CCC2C3)[nH]1. The maximum absolute atomic E-state index is 11.3. The fourth-order valence-electron chi connectivity index (χ4n) is 3.51. The summed E-state index contributed by atoms with van der Waals surface area (Å²) in [5, 5.41) is 3.62. The van der Waals surface area contributed by atoms with Crippen LogP contribution in [-0.2, 0) is 11.3 Å². The van der Waals surface area contributed by atoms with Crippen molar-refractivity contribution in [3.63, 3.8) is 0 Å². The monoisotopic (exact) mass is 248 g/mol. The van der Waals surface area contributed by atoms with Crippen molar-refractivity contribution in [3.8, 4) is 0 Å². The third-order valence-electron chi connectivity index (χ3n) is 4.44. The molecule has 1 aromatic rings. The smallest absolute Gasteiger partial charge is 0.354 e. The number of esters is 1. The van der Waals surface area contributed by atoms with E-state index in [9.17, 15) is 4.79 Å². The number of carbonyl (C=O) groups is 1. The number of nitrogens with one attached hydrogen (secondary N) is 2. The molecule has 3 atom stereocenters. The number of fused-ring (bicyclic) bond motifs is 2. The molecule has 2 bridgehead atoms. The van der Waals surface area contributed by atoms with E-state index < -0.39 is 0 Å². The van der Waals surface area contributed by atoms with E-state index in [1.54, 1.807) is 6.07 Å². The maximum Gasteiger partial charge on any atom is 0.354 e. The van der Waals surface area contributed by atoms with Crippen LogP contribution in [0.2, 0.25) is 0 Å². The van der Waals surface area contributed by atoms with Gasteiger partial charge < -0.3 is 15.0 Å². The number of methoxy groups -OCH3 is 1. The van der Waals surface area contributed by atoms with E-state index in [4.69, 9.17) is 0 Å². The Bertz CT molecular complexity index is 441. The molecule has 4 nitrogen and oxygen atoms in total. The molecule has 2 aliphatic rings. The first-order chi connectivity index (χ1) is 8.76. The zero-order valence-electron chi connectivity index (χ0n) is 10.7. The van der Waals surface area contributed by atoms with Gasteiger partial charge in [-0.1, -0.05) is 6.42 Å². The second kappa shape index (κ2) is 4.76. The van der Waals surface area contributed by atoms with Crippen LogP contribution in [0.5, 0.6) is 0 Å². The molecule has 3 rings (SSSR count). The summed E-state index contributed by atoms with van der Waals surface area (Å²) in [5.41, 5.74) is 1.58. The van der Waals surface area contributed by atoms with Crippen molar-refractivity contribution < 1.29 is 9.53 Å². The number of hydrogen-bond donors (Lipinski definition) is 2. The molecule has 3 unspecified atom stereocenters. The number of aromatic amines is 1. The van der Waals surface area contributed by atoms with Gasteiger partial charge in [0.1, 0.15) is 5.69 Å². The largest absolute Gasteiger partial charge is 0.464 e. The molecule has 0 aliphatic heterocycles. The second-order valence-electron chi connectivity index (χ2n) is 5.55. The van der Waals surface area contributed by atoms with E-state index in [1.165, 1.54) is 32.8 Å². The van der Waals surface area contributed by atoms with E-state index in [1.807, 2.05) is 6.07 Å². The summed E-state index contributed by atoms with van der Waals surface area (Å²) in [6.07, 6.45) is 5.56. The van der Waals surface area contributed by atoms with E-state index in [2.05, 4.69) is 15.0 Å². The highest BCUT2D eigenvalue weighted by molar-refractivity contribution is 5.87. The Kier molecular flexibility index (Phi) is 3.12. The summed E-state index contributed by atoms with van der Waals surface area (Å²) in [4.78, 5) is 14.4. The van der Waals surface area contributed by atoms with E-state index in [0.717, 1.165) is 24.1 Å². The molecule has 2 saturated carbocycles. The fourth-order valence-corrected chi connectivity index (χ4v) is 3.51. The van der Waals surface area contributed by atoms with Gasteiger partial charge in [0.05, 0.1) is 7.11 Å². The molecule has 1 heterocycles. The van der Waals surface area contributed by atoms with Crippen LogP contribution < -0.4 is 5.32 Å². The van der Waals surface area contributed by atoms with Gasteiger partial charge in [-0.25, -0.2) is 4.79 Å². The predicted octanol–water partition coefficient (Wildman–Crippen LogP) is 2.08. The van der Waals surface area contributed by atoms with Gasteiger partial charge in [0.25, 0.3) is 0 Å².